The lowest BCUT2D eigenvalue weighted by Crippen LogP contribution is -2.40. The summed E-state index contributed by atoms with van der Waals surface area (Å²) >= 11 is 0. The van der Waals surface area contributed by atoms with Crippen LogP contribution in [0.25, 0.3) is 0 Å². The van der Waals surface area contributed by atoms with Gasteiger partial charge in [-0.05, 0) is 100 Å². The number of sulfone groups is 1. The van der Waals surface area contributed by atoms with Gasteiger partial charge < -0.3 is 14.4 Å². The van der Waals surface area contributed by atoms with Crippen LogP contribution in [0.1, 0.15) is 58.3 Å². The van der Waals surface area contributed by atoms with Crippen LogP contribution in [0.15, 0.2) is 29.2 Å². The molecule has 1 amide bonds. The summed E-state index contributed by atoms with van der Waals surface area (Å²) in [6.45, 7) is 4.31. The maximum absolute atomic E-state index is 12.3. The predicted octanol–water partition coefficient (Wildman–Crippen LogP) is 4.43. The number of amides is 1. The first kappa shape index (κ1) is 21.1. The molecule has 0 N–H and O–H groups in total. The Hall–Kier alpha value is -1.76. The quantitative estimate of drug-likeness (QED) is 0.589. The third kappa shape index (κ3) is 4.86. The third-order valence-corrected chi connectivity index (χ3v) is 9.82. The van der Waals surface area contributed by atoms with Gasteiger partial charge in [-0.2, -0.15) is 0 Å². The Labute approximate surface area is 185 Å². The molecule has 1 heterocycles. The molecule has 6 nitrogen and oxygen atoms in total. The fraction of sp³-hybridized carbons (Fsp3) is 0.708. The van der Waals surface area contributed by atoms with E-state index in [1.807, 2.05) is 11.8 Å². The summed E-state index contributed by atoms with van der Waals surface area (Å²) in [4.78, 5) is 14.5. The van der Waals surface area contributed by atoms with Crippen molar-refractivity contribution in [2.75, 3.05) is 19.7 Å². The first-order chi connectivity index (χ1) is 14.8. The highest BCUT2D eigenvalue weighted by molar-refractivity contribution is 7.92. The molecule has 1 aliphatic heterocycles. The van der Waals surface area contributed by atoms with Gasteiger partial charge in [0, 0.05) is 13.1 Å². The first-order valence-corrected chi connectivity index (χ1v) is 13.3. The molecule has 4 aliphatic rings. The van der Waals surface area contributed by atoms with E-state index in [1.165, 1.54) is 6.42 Å². The second kappa shape index (κ2) is 7.98. The molecule has 1 unspecified atom stereocenters. The zero-order chi connectivity index (χ0) is 21.6. The Kier molecular flexibility index (Phi) is 5.43. The minimum Gasteiger partial charge on any atom is -0.494 e. The summed E-state index contributed by atoms with van der Waals surface area (Å²) in [6, 6.07) is 6.89. The van der Waals surface area contributed by atoms with Crippen LogP contribution in [0.2, 0.25) is 0 Å². The van der Waals surface area contributed by atoms with E-state index in [-0.39, 0.29) is 16.9 Å². The van der Waals surface area contributed by atoms with Gasteiger partial charge in [0.25, 0.3) is 0 Å². The van der Waals surface area contributed by atoms with Gasteiger partial charge >= 0.3 is 6.09 Å². The lowest BCUT2D eigenvalue weighted by Gasteiger charge is -2.32. The number of carbonyl (C=O) groups is 1. The van der Waals surface area contributed by atoms with Crippen LogP contribution in [-0.4, -0.2) is 50.0 Å². The van der Waals surface area contributed by atoms with Gasteiger partial charge in [-0.15, -0.1) is 0 Å². The van der Waals surface area contributed by atoms with Gasteiger partial charge in [-0.3, -0.25) is 0 Å². The molecule has 170 valence electrons. The minimum absolute atomic E-state index is 0.129. The highest BCUT2D eigenvalue weighted by atomic mass is 32.2. The SMILES string of the molecule is CC1(OC(=O)N2CCC([C@H]3CC3CCOc3ccc(S(=O)(=O)C4CC4)cc3)CC2)CC1. The molecule has 0 radical (unpaired) electrons. The van der Waals surface area contributed by atoms with Gasteiger partial charge in [-0.25, -0.2) is 13.2 Å². The zero-order valence-corrected chi connectivity index (χ0v) is 19.1. The molecule has 0 aromatic heterocycles. The van der Waals surface area contributed by atoms with Gasteiger partial charge in [0.05, 0.1) is 16.8 Å². The maximum Gasteiger partial charge on any atom is 0.410 e. The summed E-state index contributed by atoms with van der Waals surface area (Å²) < 4.78 is 36.0. The molecule has 4 fully saturated rings. The van der Waals surface area contributed by atoms with Gasteiger partial charge in [0.15, 0.2) is 9.84 Å². The summed E-state index contributed by atoms with van der Waals surface area (Å²) in [6.07, 6.45) is 7.86. The average Bonchev–Trinajstić information content (AvgIpc) is 3.62. The van der Waals surface area contributed by atoms with Crippen molar-refractivity contribution in [3.05, 3.63) is 24.3 Å². The van der Waals surface area contributed by atoms with Crippen molar-refractivity contribution in [3.8, 4) is 5.75 Å². The van der Waals surface area contributed by atoms with Crippen molar-refractivity contribution in [2.45, 2.75) is 74.0 Å². The van der Waals surface area contributed by atoms with Crippen molar-refractivity contribution in [3.63, 3.8) is 0 Å². The van der Waals surface area contributed by atoms with E-state index in [0.29, 0.717) is 23.3 Å². The molecule has 1 aromatic rings. The van der Waals surface area contributed by atoms with Gasteiger partial charge in [-0.1, -0.05) is 0 Å². The number of hydrogen-bond donors (Lipinski definition) is 0. The Morgan fingerprint density at radius 1 is 1.10 bits per heavy atom. The normalized spacial score (nSPS) is 27.6. The van der Waals surface area contributed by atoms with Crippen LogP contribution >= 0.6 is 0 Å². The van der Waals surface area contributed by atoms with Crippen LogP contribution in [0.4, 0.5) is 4.79 Å². The maximum atomic E-state index is 12.3. The molecule has 31 heavy (non-hydrogen) atoms. The van der Waals surface area contributed by atoms with E-state index >= 15 is 0 Å². The average molecular weight is 448 g/mol. The fourth-order valence-corrected chi connectivity index (χ4v) is 6.53. The largest absolute Gasteiger partial charge is 0.494 e. The summed E-state index contributed by atoms with van der Waals surface area (Å²) in [5.41, 5.74) is -0.193. The number of likely N-dealkylation sites (tertiary alicyclic amines) is 1. The molecule has 2 atom stereocenters. The van der Waals surface area contributed by atoms with E-state index in [1.54, 1.807) is 24.3 Å². The van der Waals surface area contributed by atoms with Crippen LogP contribution < -0.4 is 4.74 Å². The molecule has 3 saturated carbocycles. The van der Waals surface area contributed by atoms with E-state index in [2.05, 4.69) is 0 Å². The molecule has 7 heteroatoms. The summed E-state index contributed by atoms with van der Waals surface area (Å²) in [7, 11) is -3.13. The van der Waals surface area contributed by atoms with E-state index in [0.717, 1.165) is 69.7 Å². The topological polar surface area (TPSA) is 72.9 Å². The van der Waals surface area contributed by atoms with Crippen molar-refractivity contribution >= 4 is 15.9 Å². The third-order valence-electron chi connectivity index (χ3n) is 7.54. The van der Waals surface area contributed by atoms with Crippen molar-refractivity contribution in [1.82, 2.24) is 4.90 Å². The highest BCUT2D eigenvalue weighted by Gasteiger charge is 2.45. The Morgan fingerprint density at radius 3 is 2.39 bits per heavy atom. The number of hydrogen-bond acceptors (Lipinski definition) is 5. The Morgan fingerprint density at radius 2 is 1.77 bits per heavy atom. The van der Waals surface area contributed by atoms with Gasteiger partial charge in [0.2, 0.25) is 0 Å². The van der Waals surface area contributed by atoms with E-state index in [9.17, 15) is 13.2 Å². The first-order valence-electron chi connectivity index (χ1n) is 11.8. The predicted molar refractivity (Wildman–Crippen MR) is 117 cm³/mol. The second-order valence-electron chi connectivity index (χ2n) is 10.2. The molecule has 1 aromatic carbocycles. The number of nitrogens with zero attached hydrogens (tertiary/aromatic N) is 1. The van der Waals surface area contributed by atoms with E-state index in [4.69, 9.17) is 9.47 Å². The second-order valence-corrected chi connectivity index (χ2v) is 12.4. The number of rotatable bonds is 8. The lowest BCUT2D eigenvalue weighted by molar-refractivity contribution is 0.0473. The van der Waals surface area contributed by atoms with Crippen molar-refractivity contribution < 1.29 is 22.7 Å². The summed E-state index contributed by atoms with van der Waals surface area (Å²) in [5.74, 6) is 2.91. The number of carbonyl (C=O) groups excluding carboxylic acids is 1. The highest BCUT2D eigenvalue weighted by Crippen LogP contribution is 2.50. The van der Waals surface area contributed by atoms with Crippen LogP contribution in [-0.2, 0) is 14.6 Å². The number of ether oxygens (including phenoxy) is 2. The van der Waals surface area contributed by atoms with Crippen molar-refractivity contribution in [1.29, 1.82) is 0 Å². The monoisotopic (exact) mass is 447 g/mol. The standard InChI is InChI=1S/C24H33NO5S/c1-24(11-12-24)30-23(26)25-13-8-17(9-14-25)22-16-18(22)10-15-29-19-2-4-20(5-3-19)31(27,28)21-6-7-21/h2-5,17-18,21-22H,6-16H2,1H3/t18?,22-/m1/s1. The van der Waals surface area contributed by atoms with Crippen molar-refractivity contribution in [2.24, 2.45) is 17.8 Å². The summed E-state index contributed by atoms with van der Waals surface area (Å²) in [5, 5.41) is -0.176. The van der Waals surface area contributed by atoms with E-state index < -0.39 is 9.84 Å². The molecular formula is C24H33NO5S. The number of piperidine rings is 1. The molecule has 3 aliphatic carbocycles. The molecule has 1 saturated heterocycles. The molecule has 0 spiro atoms. The smallest absolute Gasteiger partial charge is 0.410 e. The Balaban J connectivity index is 1.01. The van der Waals surface area contributed by atoms with Gasteiger partial charge in [0.1, 0.15) is 11.4 Å². The fourth-order valence-electron chi connectivity index (χ4n) is 4.87. The lowest BCUT2D eigenvalue weighted by atomic mass is 9.91. The molecular weight excluding hydrogens is 414 g/mol. The van der Waals surface area contributed by atoms with Crippen LogP contribution in [0.5, 0.6) is 5.75 Å². The Bertz CT molecular complexity index is 912. The van der Waals surface area contributed by atoms with Crippen LogP contribution in [0.3, 0.4) is 0 Å². The zero-order valence-electron chi connectivity index (χ0n) is 18.3. The van der Waals surface area contributed by atoms with Crippen LogP contribution in [0, 0.1) is 17.8 Å². The number of benzene rings is 1. The molecule has 0 bridgehead atoms. The minimum atomic E-state index is -3.13. The molecule has 5 rings (SSSR count).